The molecule has 1 saturated heterocycles. The SMILES string of the molecule is CCN=C1C(C(=O)CC#N)C(=O)N(C)C(=O)N1C. The molecule has 1 aliphatic heterocycles. The van der Waals surface area contributed by atoms with Crippen LogP contribution in [0, 0.1) is 17.2 Å². The maximum absolute atomic E-state index is 12.0. The van der Waals surface area contributed by atoms with Crippen molar-refractivity contribution in [2.75, 3.05) is 20.6 Å². The van der Waals surface area contributed by atoms with Crippen molar-refractivity contribution in [2.45, 2.75) is 13.3 Å². The molecule has 1 aliphatic rings. The molecule has 0 bridgehead atoms. The lowest BCUT2D eigenvalue weighted by Crippen LogP contribution is -2.59. The average molecular weight is 250 g/mol. The average Bonchev–Trinajstić information content (AvgIpc) is 2.34. The van der Waals surface area contributed by atoms with E-state index in [4.69, 9.17) is 5.26 Å². The zero-order valence-electron chi connectivity index (χ0n) is 10.5. The Morgan fingerprint density at radius 3 is 2.50 bits per heavy atom. The molecular formula is C11H14N4O3. The van der Waals surface area contributed by atoms with Crippen LogP contribution in [-0.2, 0) is 9.59 Å². The zero-order chi connectivity index (χ0) is 13.9. The number of hydrogen-bond acceptors (Lipinski definition) is 5. The number of aliphatic imine (C=N–C) groups is 1. The van der Waals surface area contributed by atoms with Gasteiger partial charge in [-0.1, -0.05) is 0 Å². The normalized spacial score (nSPS) is 22.3. The van der Waals surface area contributed by atoms with E-state index in [1.165, 1.54) is 19.0 Å². The van der Waals surface area contributed by atoms with Crippen LogP contribution in [-0.4, -0.2) is 54.0 Å². The second-order valence-electron chi connectivity index (χ2n) is 3.81. The number of amides is 3. The molecule has 0 saturated carbocycles. The molecule has 1 atom stereocenters. The van der Waals surface area contributed by atoms with Crippen molar-refractivity contribution < 1.29 is 14.4 Å². The van der Waals surface area contributed by atoms with Crippen LogP contribution in [0.4, 0.5) is 4.79 Å². The molecule has 1 heterocycles. The fourth-order valence-electron chi connectivity index (χ4n) is 1.74. The molecule has 7 nitrogen and oxygen atoms in total. The van der Waals surface area contributed by atoms with Crippen LogP contribution in [0.25, 0.3) is 0 Å². The van der Waals surface area contributed by atoms with Crippen LogP contribution in [0.5, 0.6) is 0 Å². The smallest absolute Gasteiger partial charge is 0.297 e. The molecule has 0 spiro atoms. The van der Waals surface area contributed by atoms with Gasteiger partial charge < -0.3 is 0 Å². The highest BCUT2D eigenvalue weighted by Crippen LogP contribution is 2.18. The molecule has 3 amide bonds. The van der Waals surface area contributed by atoms with E-state index in [0.717, 1.165) is 4.90 Å². The quantitative estimate of drug-likeness (QED) is 0.660. The van der Waals surface area contributed by atoms with Crippen LogP contribution in [0.3, 0.4) is 0 Å². The fourth-order valence-corrected chi connectivity index (χ4v) is 1.74. The lowest BCUT2D eigenvalue weighted by molar-refractivity contribution is -0.136. The van der Waals surface area contributed by atoms with Gasteiger partial charge in [-0.3, -0.25) is 24.4 Å². The number of imide groups is 1. The molecule has 0 radical (unpaired) electrons. The summed E-state index contributed by atoms with van der Waals surface area (Å²) in [5.74, 6) is -2.21. The van der Waals surface area contributed by atoms with Gasteiger partial charge in [0.1, 0.15) is 5.84 Å². The minimum absolute atomic E-state index is 0.117. The summed E-state index contributed by atoms with van der Waals surface area (Å²) in [5, 5.41) is 8.54. The Morgan fingerprint density at radius 1 is 1.39 bits per heavy atom. The molecule has 18 heavy (non-hydrogen) atoms. The summed E-state index contributed by atoms with van der Waals surface area (Å²) >= 11 is 0. The molecule has 0 aromatic rings. The fraction of sp³-hybridized carbons (Fsp3) is 0.545. The Balaban J connectivity index is 3.21. The summed E-state index contributed by atoms with van der Waals surface area (Å²) < 4.78 is 0. The van der Waals surface area contributed by atoms with E-state index < -0.39 is 23.6 Å². The number of carbonyl (C=O) groups is 3. The third-order valence-corrected chi connectivity index (χ3v) is 2.65. The minimum Gasteiger partial charge on any atom is -0.297 e. The van der Waals surface area contributed by atoms with Crippen LogP contribution in [0.15, 0.2) is 4.99 Å². The number of nitrogens with zero attached hydrogens (tertiary/aromatic N) is 4. The van der Waals surface area contributed by atoms with E-state index in [0.29, 0.717) is 6.54 Å². The number of nitriles is 1. The van der Waals surface area contributed by atoms with E-state index in [1.54, 1.807) is 13.0 Å². The Labute approximate surface area is 105 Å². The van der Waals surface area contributed by atoms with E-state index >= 15 is 0 Å². The number of amidine groups is 1. The molecule has 0 aliphatic carbocycles. The van der Waals surface area contributed by atoms with Gasteiger partial charge in [-0.2, -0.15) is 5.26 Å². The number of rotatable bonds is 3. The first-order valence-corrected chi connectivity index (χ1v) is 5.44. The molecule has 0 aromatic heterocycles. The van der Waals surface area contributed by atoms with Gasteiger partial charge in [0, 0.05) is 20.6 Å². The number of urea groups is 1. The maximum atomic E-state index is 12.0. The van der Waals surface area contributed by atoms with E-state index in [9.17, 15) is 14.4 Å². The van der Waals surface area contributed by atoms with Crippen molar-refractivity contribution in [2.24, 2.45) is 10.9 Å². The van der Waals surface area contributed by atoms with Crippen LogP contribution in [0.2, 0.25) is 0 Å². The minimum atomic E-state index is -1.16. The van der Waals surface area contributed by atoms with Crippen molar-refractivity contribution in [3.8, 4) is 6.07 Å². The number of ketones is 1. The van der Waals surface area contributed by atoms with Crippen LogP contribution < -0.4 is 0 Å². The van der Waals surface area contributed by atoms with E-state index in [-0.39, 0.29) is 12.3 Å². The second kappa shape index (κ2) is 5.40. The third kappa shape index (κ3) is 2.22. The molecular weight excluding hydrogens is 236 g/mol. The van der Waals surface area contributed by atoms with Crippen molar-refractivity contribution in [3.05, 3.63) is 0 Å². The predicted molar refractivity (Wildman–Crippen MR) is 62.6 cm³/mol. The van der Waals surface area contributed by atoms with Crippen LogP contribution >= 0.6 is 0 Å². The van der Waals surface area contributed by atoms with Crippen molar-refractivity contribution in [3.63, 3.8) is 0 Å². The molecule has 1 unspecified atom stereocenters. The second-order valence-corrected chi connectivity index (χ2v) is 3.81. The highest BCUT2D eigenvalue weighted by Gasteiger charge is 2.44. The summed E-state index contributed by atoms with van der Waals surface area (Å²) in [6, 6.07) is 1.18. The lowest BCUT2D eigenvalue weighted by atomic mass is 9.96. The Morgan fingerprint density at radius 2 is 2.00 bits per heavy atom. The van der Waals surface area contributed by atoms with Gasteiger partial charge in [-0.05, 0) is 6.92 Å². The molecule has 0 N–H and O–H groups in total. The third-order valence-electron chi connectivity index (χ3n) is 2.65. The summed E-state index contributed by atoms with van der Waals surface area (Å²) in [4.78, 5) is 41.5. The maximum Gasteiger partial charge on any atom is 0.331 e. The molecule has 1 rings (SSSR count). The van der Waals surface area contributed by atoms with Gasteiger partial charge in [-0.25, -0.2) is 4.79 Å². The molecule has 7 heteroatoms. The van der Waals surface area contributed by atoms with Crippen molar-refractivity contribution in [1.82, 2.24) is 9.80 Å². The number of hydrogen-bond donors (Lipinski definition) is 0. The van der Waals surface area contributed by atoms with Crippen molar-refractivity contribution >= 4 is 23.6 Å². The lowest BCUT2D eigenvalue weighted by Gasteiger charge is -2.34. The number of carbonyl (C=O) groups excluding carboxylic acids is 3. The monoisotopic (exact) mass is 250 g/mol. The van der Waals surface area contributed by atoms with Gasteiger partial charge in [0.05, 0.1) is 12.5 Å². The molecule has 0 aromatic carbocycles. The summed E-state index contributed by atoms with van der Waals surface area (Å²) in [7, 11) is 2.75. The van der Waals surface area contributed by atoms with Crippen LogP contribution in [0.1, 0.15) is 13.3 Å². The largest absolute Gasteiger partial charge is 0.331 e. The topological polar surface area (TPSA) is 93.8 Å². The first-order valence-electron chi connectivity index (χ1n) is 5.44. The predicted octanol–water partition coefficient (Wildman–Crippen LogP) is 0.0276. The molecule has 1 fully saturated rings. The highest BCUT2D eigenvalue weighted by molar-refractivity contribution is 6.27. The van der Waals surface area contributed by atoms with Gasteiger partial charge in [-0.15, -0.1) is 0 Å². The first-order chi connectivity index (χ1) is 8.45. The summed E-state index contributed by atoms with van der Waals surface area (Å²) in [5.41, 5.74) is 0. The Kier molecular flexibility index (Phi) is 4.15. The Bertz CT molecular complexity index is 463. The highest BCUT2D eigenvalue weighted by atomic mass is 16.2. The van der Waals surface area contributed by atoms with E-state index in [1.807, 2.05) is 0 Å². The summed E-state index contributed by atoms with van der Waals surface area (Å²) in [6.07, 6.45) is -0.380. The number of Topliss-reactive ketones (excluding diaryl/α,β-unsaturated/α-hetero) is 1. The first kappa shape index (κ1) is 13.8. The van der Waals surface area contributed by atoms with E-state index in [2.05, 4.69) is 4.99 Å². The summed E-state index contributed by atoms with van der Waals surface area (Å²) in [6.45, 7) is 2.08. The van der Waals surface area contributed by atoms with Gasteiger partial charge in [0.2, 0.25) is 5.91 Å². The van der Waals surface area contributed by atoms with Gasteiger partial charge in [0.25, 0.3) is 0 Å². The van der Waals surface area contributed by atoms with Crippen molar-refractivity contribution in [1.29, 1.82) is 5.26 Å². The molecule has 96 valence electrons. The Hall–Kier alpha value is -2.23. The van der Waals surface area contributed by atoms with Gasteiger partial charge >= 0.3 is 6.03 Å². The van der Waals surface area contributed by atoms with Gasteiger partial charge in [0.15, 0.2) is 11.7 Å². The zero-order valence-corrected chi connectivity index (χ0v) is 10.5. The standard InChI is InChI=1S/C11H14N4O3/c1-4-13-9-8(7(16)5-6-12)10(17)15(3)11(18)14(9)2/h8H,4-5H2,1-3H3.